The van der Waals surface area contributed by atoms with Crippen LogP contribution in [-0.2, 0) is 55.8 Å². The molecule has 1 aromatic carbocycles. The molecule has 1 spiro atoms. The van der Waals surface area contributed by atoms with Crippen LogP contribution >= 0.6 is 0 Å². The number of fused-ring (bicyclic) bond motifs is 5. The van der Waals surface area contributed by atoms with Crippen molar-refractivity contribution in [2.75, 3.05) is 66.3 Å². The van der Waals surface area contributed by atoms with E-state index in [1.807, 2.05) is 13.8 Å². The molecular formula is C63H84N8O10. The average molecular weight is 1110 g/mol. The van der Waals surface area contributed by atoms with Gasteiger partial charge in [0.05, 0.1) is 61.2 Å². The highest BCUT2D eigenvalue weighted by atomic mass is 16.5. The van der Waals surface area contributed by atoms with E-state index in [2.05, 4.69) is 90.2 Å². The molecule has 10 bridgehead atoms. The van der Waals surface area contributed by atoms with Gasteiger partial charge in [0, 0.05) is 90.9 Å². The molecule has 3 saturated carbocycles. The van der Waals surface area contributed by atoms with Crippen LogP contribution in [0.15, 0.2) is 41.1 Å². The molecule has 12 heterocycles. The lowest BCUT2D eigenvalue weighted by Crippen LogP contribution is -2.74. The number of cyclic esters (lactones) is 1. The largest absolute Gasteiger partial charge is 0.464 e. The summed E-state index contributed by atoms with van der Waals surface area (Å²) in [6, 6.07) is 6.83. The molecule has 4 aromatic rings. The average Bonchev–Trinajstić information content (AvgIpc) is 4.00. The van der Waals surface area contributed by atoms with Crippen LogP contribution in [0.4, 0.5) is 0 Å². The van der Waals surface area contributed by atoms with Crippen LogP contribution in [-0.4, -0.2) is 161 Å². The molecule has 18 nitrogen and oxygen atoms in total. The Morgan fingerprint density at radius 3 is 2.41 bits per heavy atom. The Hall–Kier alpha value is -4.79. The maximum absolute atomic E-state index is 15.6. The maximum atomic E-state index is 15.6. The maximum Gasteiger partial charge on any atom is 0.325 e. The van der Waals surface area contributed by atoms with Crippen molar-refractivity contribution in [1.29, 1.82) is 0 Å². The second-order valence-electron chi connectivity index (χ2n) is 28.2. The van der Waals surface area contributed by atoms with E-state index >= 15 is 4.79 Å². The molecule has 0 unspecified atom stereocenters. The summed E-state index contributed by atoms with van der Waals surface area (Å²) < 4.78 is 47.0. The first kappa shape index (κ1) is 54.2. The Labute approximate surface area is 475 Å². The number of ether oxygens (including phenoxy) is 6. The van der Waals surface area contributed by atoms with Crippen molar-refractivity contribution >= 4 is 28.7 Å². The minimum absolute atomic E-state index is 0.00786. The molecule has 9 aliphatic heterocycles. The van der Waals surface area contributed by atoms with Crippen LogP contribution in [0.2, 0.25) is 0 Å². The molecular weight excluding hydrogens is 1030 g/mol. The van der Waals surface area contributed by atoms with Crippen molar-refractivity contribution in [3.63, 3.8) is 0 Å². The molecule has 16 rings (SSSR count). The number of carbonyl (C=O) groups excluding carboxylic acids is 3. The van der Waals surface area contributed by atoms with Gasteiger partial charge < -0.3 is 47.6 Å². The van der Waals surface area contributed by atoms with E-state index in [4.69, 9.17) is 42.8 Å². The van der Waals surface area contributed by atoms with Gasteiger partial charge in [0.2, 0.25) is 5.89 Å². The topological polar surface area (TPSA) is 184 Å². The molecule has 0 radical (unpaired) electrons. The number of aromatic nitrogens is 3. The Morgan fingerprint density at radius 1 is 0.938 bits per heavy atom. The van der Waals surface area contributed by atoms with Crippen LogP contribution in [0.25, 0.3) is 33.4 Å². The van der Waals surface area contributed by atoms with Gasteiger partial charge in [-0.25, -0.2) is 10.4 Å². The Balaban J connectivity index is 0.909. The monoisotopic (exact) mass is 1110 g/mol. The summed E-state index contributed by atoms with van der Waals surface area (Å²) in [5.41, 5.74) is 8.79. The summed E-state index contributed by atoms with van der Waals surface area (Å²) in [6.07, 6.45) is 13.0. The molecule has 2 N–H and O–H groups in total. The zero-order valence-corrected chi connectivity index (χ0v) is 48.9. The number of likely N-dealkylation sites (tertiary alicyclic amines) is 2. The van der Waals surface area contributed by atoms with Crippen LogP contribution in [0.1, 0.15) is 153 Å². The van der Waals surface area contributed by atoms with E-state index in [9.17, 15) is 9.59 Å². The molecule has 12 aliphatic rings. The summed E-state index contributed by atoms with van der Waals surface area (Å²) in [7, 11) is 1.75. The van der Waals surface area contributed by atoms with E-state index < -0.39 is 40.7 Å². The third kappa shape index (κ3) is 9.67. The summed E-state index contributed by atoms with van der Waals surface area (Å²) in [6.45, 7) is 21.3. The number of piperidine rings is 1. The standard InChI is InChI=1S/C63H84N8O10/c1-36(75-8)50-46(24-40(29-64-50)37-13-16-68(17-14-37)42-10-11-42)53-47-28-59(2,3)33-79-57(73)51-39-21-43(22-39)71(67-51)56(72)52(66-58(74)63-25-41(26-63)61(6,7)81-63)54(69-31-62(32-69)34-76-35-62)55-65-48(30-78-55)38-9-12-49(45(47)23-38)70(53)18-20-77-44-15-19-80-60(4,5)27-44/h9,12,23-24,29-30,36-37,39,41-44,51-52,54,67H,10-11,13-22,25-28,31-35H2,1-8H3,(H,66,74)/t36-,39?,41?,43?,44-,51-,52-,54-,63?/m0/s1. The molecule has 5 atom stereocenters. The van der Waals surface area contributed by atoms with Crippen LogP contribution in [0.5, 0.6) is 0 Å². The summed E-state index contributed by atoms with van der Waals surface area (Å²) in [4.78, 5) is 60.8. The van der Waals surface area contributed by atoms with Gasteiger partial charge in [-0.05, 0) is 159 Å². The fraction of sp³-hybridized carbons (Fsp3) is 0.698. The number of nitrogens with zero attached hydrogens (tertiary/aromatic N) is 6. The van der Waals surface area contributed by atoms with Gasteiger partial charge in [0.1, 0.15) is 35.7 Å². The number of hydrogen-bond acceptors (Lipinski definition) is 15. The highest BCUT2D eigenvalue weighted by Crippen LogP contribution is 2.58. The van der Waals surface area contributed by atoms with Gasteiger partial charge in [-0.3, -0.25) is 29.3 Å². The van der Waals surface area contributed by atoms with Crippen molar-refractivity contribution in [1.82, 2.24) is 40.1 Å². The molecule has 2 amide bonds. The first-order valence-corrected chi connectivity index (χ1v) is 30.5. The molecule has 18 heteroatoms. The fourth-order valence-corrected chi connectivity index (χ4v) is 15.6. The highest BCUT2D eigenvalue weighted by molar-refractivity contribution is 5.96. The molecule has 81 heavy (non-hydrogen) atoms. The SMILES string of the molecule is CO[C@@H](C)c1ncc(C2CCN(C3CC3)CC2)cc1-c1c2c3cc(ccc3n1CCO[C@H]1CCOC(C)(C)C1)-c1coc(n1)[C@@H](N1CC3(COC3)C1)[C@H](NC(=O)C13CC(C1)C(C)(C)O3)C(=O)N1N[C@H](C(=O)OCC(C)(C)C2)C2CC1C2. The lowest BCUT2D eigenvalue weighted by atomic mass is 9.69. The van der Waals surface area contributed by atoms with Gasteiger partial charge in [0.25, 0.3) is 11.8 Å². The molecule has 11 fully saturated rings. The van der Waals surface area contributed by atoms with Crippen LogP contribution in [0, 0.1) is 22.7 Å². The second kappa shape index (κ2) is 19.9. The number of amides is 2. The van der Waals surface area contributed by atoms with Gasteiger partial charge >= 0.3 is 5.97 Å². The van der Waals surface area contributed by atoms with Crippen molar-refractivity contribution in [3.05, 3.63) is 59.4 Å². The van der Waals surface area contributed by atoms with Crippen LogP contribution < -0.4 is 10.7 Å². The number of nitrogens with one attached hydrogen (secondary N) is 2. The van der Waals surface area contributed by atoms with Crippen molar-refractivity contribution in [3.8, 4) is 22.5 Å². The van der Waals surface area contributed by atoms with E-state index in [0.717, 1.165) is 83.8 Å². The Kier molecular flexibility index (Phi) is 13.3. The number of rotatable bonds is 12. The lowest BCUT2D eigenvalue weighted by molar-refractivity contribution is -0.206. The van der Waals surface area contributed by atoms with Crippen molar-refractivity contribution < 1.29 is 47.2 Å². The Bertz CT molecular complexity index is 3090. The predicted molar refractivity (Wildman–Crippen MR) is 301 cm³/mol. The number of benzene rings is 1. The van der Waals surface area contributed by atoms with Gasteiger partial charge in [-0.2, -0.15) is 0 Å². The van der Waals surface area contributed by atoms with E-state index in [1.54, 1.807) is 18.4 Å². The highest BCUT2D eigenvalue weighted by Gasteiger charge is 2.66. The number of carbonyl (C=O) groups is 3. The zero-order chi connectivity index (χ0) is 56.0. The fourth-order valence-electron chi connectivity index (χ4n) is 15.6. The van der Waals surface area contributed by atoms with Crippen molar-refractivity contribution in [2.24, 2.45) is 22.7 Å². The number of oxazole rings is 1. The summed E-state index contributed by atoms with van der Waals surface area (Å²) in [5, 5.41) is 5.94. The number of hydrazine groups is 1. The van der Waals surface area contributed by atoms with Gasteiger partial charge in [-0.1, -0.05) is 19.9 Å². The third-order valence-corrected chi connectivity index (χ3v) is 20.7. The predicted octanol–water partition coefficient (Wildman–Crippen LogP) is 7.82. The van der Waals surface area contributed by atoms with Gasteiger partial charge in [-0.15, -0.1) is 0 Å². The summed E-state index contributed by atoms with van der Waals surface area (Å²) >= 11 is 0. The molecule has 3 aromatic heterocycles. The molecule has 3 aliphatic carbocycles. The number of pyridine rings is 1. The quantitative estimate of drug-likeness (QED) is 0.131. The Morgan fingerprint density at radius 2 is 1.72 bits per heavy atom. The normalized spacial score (nSPS) is 32.7. The minimum Gasteiger partial charge on any atom is -0.464 e. The van der Waals surface area contributed by atoms with Crippen LogP contribution in [0.3, 0.4) is 0 Å². The third-order valence-electron chi connectivity index (χ3n) is 20.7. The van der Waals surface area contributed by atoms with E-state index in [1.165, 1.54) is 18.4 Å². The van der Waals surface area contributed by atoms with Crippen molar-refractivity contribution in [2.45, 2.75) is 191 Å². The number of methoxy groups -OCH3 is 1. The smallest absolute Gasteiger partial charge is 0.325 e. The minimum atomic E-state index is -1.14. The number of hydrogen-bond donors (Lipinski definition) is 2. The lowest BCUT2D eigenvalue weighted by Gasteiger charge is -2.58. The molecule has 8 saturated heterocycles. The second-order valence-corrected chi connectivity index (χ2v) is 28.2. The van der Waals surface area contributed by atoms with E-state index in [-0.39, 0.29) is 59.5 Å². The molecule has 436 valence electrons. The van der Waals surface area contributed by atoms with E-state index in [0.29, 0.717) is 95.7 Å². The number of esters is 1. The first-order valence-electron chi connectivity index (χ1n) is 30.5. The van der Waals surface area contributed by atoms with Gasteiger partial charge in [0.15, 0.2) is 0 Å². The zero-order valence-electron chi connectivity index (χ0n) is 48.9. The first-order chi connectivity index (χ1) is 38.8. The summed E-state index contributed by atoms with van der Waals surface area (Å²) in [5.74, 6) is -0.116.